The predicted octanol–water partition coefficient (Wildman–Crippen LogP) is 2.30. The number of hydrogen-bond acceptors (Lipinski definition) is 4. The SMILES string of the molecule is COc1ccc(N2CC(NC(=O)COc3ccc(C)cc3)CC2=O)cc1. The molecule has 1 saturated heterocycles. The van der Waals surface area contributed by atoms with E-state index in [1.165, 1.54) is 0 Å². The molecule has 1 N–H and O–H groups in total. The molecule has 26 heavy (non-hydrogen) atoms. The number of nitrogens with zero attached hydrogens (tertiary/aromatic N) is 1. The Morgan fingerprint density at radius 1 is 1.12 bits per heavy atom. The molecule has 3 rings (SSSR count). The quantitative estimate of drug-likeness (QED) is 0.864. The number of nitrogens with one attached hydrogen (secondary N) is 1. The van der Waals surface area contributed by atoms with E-state index in [-0.39, 0.29) is 30.9 Å². The topological polar surface area (TPSA) is 67.9 Å². The van der Waals surface area contributed by atoms with E-state index in [1.54, 1.807) is 12.0 Å². The Kier molecular flexibility index (Phi) is 5.41. The van der Waals surface area contributed by atoms with Gasteiger partial charge >= 0.3 is 0 Å². The van der Waals surface area contributed by atoms with Crippen LogP contribution in [-0.4, -0.2) is 38.1 Å². The summed E-state index contributed by atoms with van der Waals surface area (Å²) >= 11 is 0. The van der Waals surface area contributed by atoms with Crippen molar-refractivity contribution in [3.63, 3.8) is 0 Å². The lowest BCUT2D eigenvalue weighted by Crippen LogP contribution is -2.39. The Morgan fingerprint density at radius 2 is 1.77 bits per heavy atom. The number of carbonyl (C=O) groups excluding carboxylic acids is 2. The maximum atomic E-state index is 12.2. The Bertz CT molecular complexity index is 771. The fourth-order valence-electron chi connectivity index (χ4n) is 2.87. The molecule has 0 aliphatic carbocycles. The molecular formula is C20H22N2O4. The Morgan fingerprint density at radius 3 is 2.42 bits per heavy atom. The van der Waals surface area contributed by atoms with Crippen LogP contribution < -0.4 is 19.7 Å². The van der Waals surface area contributed by atoms with Crippen molar-refractivity contribution in [2.24, 2.45) is 0 Å². The maximum absolute atomic E-state index is 12.2. The Labute approximate surface area is 152 Å². The van der Waals surface area contributed by atoms with Crippen molar-refractivity contribution in [3.8, 4) is 11.5 Å². The maximum Gasteiger partial charge on any atom is 0.258 e. The van der Waals surface area contributed by atoms with Gasteiger partial charge in [0, 0.05) is 18.7 Å². The molecule has 6 heteroatoms. The highest BCUT2D eigenvalue weighted by molar-refractivity contribution is 5.97. The molecule has 0 aromatic heterocycles. The molecule has 1 aliphatic rings. The monoisotopic (exact) mass is 354 g/mol. The molecule has 0 saturated carbocycles. The lowest BCUT2D eigenvalue weighted by molar-refractivity contribution is -0.123. The first kappa shape index (κ1) is 17.8. The molecule has 2 aromatic rings. The van der Waals surface area contributed by atoms with Gasteiger partial charge in [-0.2, -0.15) is 0 Å². The molecule has 1 unspecified atom stereocenters. The normalized spacial score (nSPS) is 16.5. The summed E-state index contributed by atoms with van der Waals surface area (Å²) in [4.78, 5) is 26.0. The Hall–Kier alpha value is -3.02. The van der Waals surface area contributed by atoms with Gasteiger partial charge < -0.3 is 19.7 Å². The minimum atomic E-state index is -0.236. The van der Waals surface area contributed by atoms with Crippen molar-refractivity contribution in [3.05, 3.63) is 54.1 Å². The Balaban J connectivity index is 1.51. The van der Waals surface area contributed by atoms with Gasteiger partial charge in [-0.25, -0.2) is 0 Å². The molecule has 2 aromatic carbocycles. The highest BCUT2D eigenvalue weighted by atomic mass is 16.5. The fraction of sp³-hybridized carbons (Fsp3) is 0.300. The van der Waals surface area contributed by atoms with E-state index in [0.29, 0.717) is 12.3 Å². The molecule has 0 spiro atoms. The fourth-order valence-corrected chi connectivity index (χ4v) is 2.87. The summed E-state index contributed by atoms with van der Waals surface area (Å²) in [6.45, 7) is 2.36. The second kappa shape index (κ2) is 7.91. The van der Waals surface area contributed by atoms with E-state index in [1.807, 2.05) is 55.5 Å². The first-order chi connectivity index (χ1) is 12.5. The third kappa shape index (κ3) is 4.33. The largest absolute Gasteiger partial charge is 0.497 e. The van der Waals surface area contributed by atoms with E-state index >= 15 is 0 Å². The van der Waals surface area contributed by atoms with Crippen molar-refractivity contribution in [2.75, 3.05) is 25.2 Å². The van der Waals surface area contributed by atoms with Gasteiger partial charge in [0.15, 0.2) is 6.61 Å². The number of methoxy groups -OCH3 is 1. The molecule has 1 heterocycles. The highest BCUT2D eigenvalue weighted by Crippen LogP contribution is 2.24. The predicted molar refractivity (Wildman–Crippen MR) is 98.6 cm³/mol. The second-order valence-electron chi connectivity index (χ2n) is 6.27. The molecule has 0 radical (unpaired) electrons. The molecule has 136 valence electrons. The van der Waals surface area contributed by atoms with E-state index < -0.39 is 0 Å². The van der Waals surface area contributed by atoms with Crippen LogP contribution in [0.25, 0.3) is 0 Å². The van der Waals surface area contributed by atoms with Gasteiger partial charge in [-0.3, -0.25) is 9.59 Å². The molecule has 1 aliphatic heterocycles. The van der Waals surface area contributed by atoms with E-state index in [9.17, 15) is 9.59 Å². The van der Waals surface area contributed by atoms with Crippen LogP contribution in [0.3, 0.4) is 0 Å². The zero-order valence-corrected chi connectivity index (χ0v) is 14.9. The van der Waals surface area contributed by atoms with Crippen LogP contribution in [0.4, 0.5) is 5.69 Å². The zero-order chi connectivity index (χ0) is 18.5. The average Bonchev–Trinajstić information content (AvgIpc) is 3.01. The minimum absolute atomic E-state index is 0.0140. The number of amides is 2. The van der Waals surface area contributed by atoms with Crippen LogP contribution in [0.15, 0.2) is 48.5 Å². The summed E-state index contributed by atoms with van der Waals surface area (Å²) in [5.41, 5.74) is 1.92. The summed E-state index contributed by atoms with van der Waals surface area (Å²) in [5.74, 6) is 1.13. The second-order valence-corrected chi connectivity index (χ2v) is 6.27. The van der Waals surface area contributed by atoms with Gasteiger partial charge in [0.1, 0.15) is 11.5 Å². The molecular weight excluding hydrogens is 332 g/mol. The smallest absolute Gasteiger partial charge is 0.258 e. The first-order valence-corrected chi connectivity index (χ1v) is 8.48. The van der Waals surface area contributed by atoms with E-state index in [4.69, 9.17) is 9.47 Å². The summed E-state index contributed by atoms with van der Waals surface area (Å²) in [6.07, 6.45) is 0.280. The number of carbonyl (C=O) groups is 2. The summed E-state index contributed by atoms with van der Waals surface area (Å²) in [5, 5.41) is 2.86. The van der Waals surface area contributed by atoms with Gasteiger partial charge in [-0.05, 0) is 43.3 Å². The molecule has 1 fully saturated rings. The van der Waals surface area contributed by atoms with Crippen molar-refractivity contribution in [1.82, 2.24) is 5.32 Å². The summed E-state index contributed by atoms with van der Waals surface area (Å²) < 4.78 is 10.6. The molecule has 1 atom stereocenters. The lowest BCUT2D eigenvalue weighted by atomic mass is 10.2. The van der Waals surface area contributed by atoms with Gasteiger partial charge in [0.2, 0.25) is 5.91 Å². The standard InChI is InChI=1S/C20H22N2O4/c1-14-3-7-18(8-4-14)26-13-19(23)21-15-11-20(24)22(12-15)16-5-9-17(25-2)10-6-16/h3-10,15H,11-13H2,1-2H3,(H,21,23). The van der Waals surface area contributed by atoms with Crippen LogP contribution in [0.2, 0.25) is 0 Å². The van der Waals surface area contributed by atoms with Crippen LogP contribution in [0.5, 0.6) is 11.5 Å². The van der Waals surface area contributed by atoms with Gasteiger partial charge in [0.25, 0.3) is 5.91 Å². The van der Waals surface area contributed by atoms with Gasteiger partial charge in [-0.1, -0.05) is 17.7 Å². The lowest BCUT2D eigenvalue weighted by Gasteiger charge is -2.17. The third-order valence-electron chi connectivity index (χ3n) is 4.27. The summed E-state index contributed by atoms with van der Waals surface area (Å²) in [6, 6.07) is 14.6. The van der Waals surface area contributed by atoms with E-state index in [2.05, 4.69) is 5.32 Å². The van der Waals surface area contributed by atoms with Crippen LogP contribution >= 0.6 is 0 Å². The summed E-state index contributed by atoms with van der Waals surface area (Å²) in [7, 11) is 1.60. The zero-order valence-electron chi connectivity index (χ0n) is 14.9. The molecule has 0 bridgehead atoms. The number of benzene rings is 2. The third-order valence-corrected chi connectivity index (χ3v) is 4.27. The van der Waals surface area contributed by atoms with Crippen molar-refractivity contribution in [2.45, 2.75) is 19.4 Å². The van der Waals surface area contributed by atoms with Crippen molar-refractivity contribution < 1.29 is 19.1 Å². The number of rotatable bonds is 6. The van der Waals surface area contributed by atoms with Crippen molar-refractivity contribution >= 4 is 17.5 Å². The minimum Gasteiger partial charge on any atom is -0.497 e. The van der Waals surface area contributed by atoms with Gasteiger partial charge in [-0.15, -0.1) is 0 Å². The first-order valence-electron chi connectivity index (χ1n) is 8.48. The van der Waals surface area contributed by atoms with Crippen LogP contribution in [0.1, 0.15) is 12.0 Å². The number of ether oxygens (including phenoxy) is 2. The van der Waals surface area contributed by atoms with Crippen LogP contribution in [-0.2, 0) is 9.59 Å². The van der Waals surface area contributed by atoms with Gasteiger partial charge in [0.05, 0.1) is 13.2 Å². The number of anilines is 1. The average molecular weight is 354 g/mol. The van der Waals surface area contributed by atoms with Crippen LogP contribution in [0, 0.1) is 6.92 Å². The van der Waals surface area contributed by atoms with Crippen molar-refractivity contribution in [1.29, 1.82) is 0 Å². The molecule has 2 amide bonds. The number of hydrogen-bond donors (Lipinski definition) is 1. The molecule has 6 nitrogen and oxygen atoms in total. The highest BCUT2D eigenvalue weighted by Gasteiger charge is 2.31. The number of aryl methyl sites for hydroxylation is 1. The van der Waals surface area contributed by atoms with E-state index in [0.717, 1.165) is 17.0 Å².